The average molecular weight is 285 g/mol. The van der Waals surface area contributed by atoms with E-state index in [2.05, 4.69) is 6.92 Å². The van der Waals surface area contributed by atoms with Crippen molar-refractivity contribution in [3.05, 3.63) is 0 Å². The number of carbonyl (C=O) groups excluding carboxylic acids is 1. The summed E-state index contributed by atoms with van der Waals surface area (Å²) in [6.45, 7) is 6.17. The molecule has 0 rings (SSSR count). The monoisotopic (exact) mass is 285 g/mol. The zero-order valence-electron chi connectivity index (χ0n) is 13.7. The van der Waals surface area contributed by atoms with E-state index in [4.69, 9.17) is 4.74 Å². The molecule has 0 bridgehead atoms. The Bertz CT molecular complexity index is 240. The molecule has 0 heterocycles. The maximum atomic E-state index is 10.9. The lowest BCUT2D eigenvalue weighted by Crippen LogP contribution is -2.47. The maximum absolute atomic E-state index is 10.9. The van der Waals surface area contributed by atoms with Gasteiger partial charge < -0.3 is 14.6 Å². The molecule has 0 aromatic heterocycles. The highest BCUT2D eigenvalue weighted by atomic mass is 16.5. The maximum Gasteiger partial charge on any atom is 0.104 e. The number of aliphatic carboxylic acids is 1. The number of rotatable bonds is 14. The van der Waals surface area contributed by atoms with E-state index >= 15 is 0 Å². The highest BCUT2D eigenvalue weighted by Gasteiger charge is 2.23. The fourth-order valence-corrected chi connectivity index (χ4v) is 2.19. The van der Waals surface area contributed by atoms with E-state index in [1.165, 1.54) is 51.4 Å². The molecule has 0 aliphatic rings. The van der Waals surface area contributed by atoms with Crippen LogP contribution in [0.5, 0.6) is 0 Å². The van der Waals surface area contributed by atoms with E-state index in [-0.39, 0.29) is 0 Å². The molecule has 0 saturated heterocycles. The van der Waals surface area contributed by atoms with Crippen molar-refractivity contribution in [3.8, 4) is 0 Å². The molecule has 1 atom stereocenters. The van der Waals surface area contributed by atoms with E-state index in [9.17, 15) is 9.90 Å². The van der Waals surface area contributed by atoms with Crippen LogP contribution in [0.25, 0.3) is 0 Å². The lowest BCUT2D eigenvalue weighted by Gasteiger charge is -2.29. The minimum atomic E-state index is -1.11. The van der Waals surface area contributed by atoms with Gasteiger partial charge in [-0.25, -0.2) is 0 Å². The molecule has 0 radical (unpaired) electrons. The van der Waals surface area contributed by atoms with Gasteiger partial charge >= 0.3 is 0 Å². The summed E-state index contributed by atoms with van der Waals surface area (Å²) < 4.78 is 5.45. The highest BCUT2D eigenvalue weighted by molar-refractivity contribution is 5.74. The van der Waals surface area contributed by atoms with Crippen LogP contribution in [-0.2, 0) is 9.53 Å². The minimum absolute atomic E-state index is 0.451. The standard InChI is InChI=1S/C17H34O3/c1-4-6-7-8-9-10-11-12-13-14-15-20-17(3,5-2)16(18)19/h4-15H2,1-3H3,(H,18,19)/p-1. The first-order valence-corrected chi connectivity index (χ1v) is 8.42. The summed E-state index contributed by atoms with van der Waals surface area (Å²) in [6, 6.07) is 0. The number of carbonyl (C=O) groups is 1. The number of carboxylic acid groups (broad SMARTS) is 1. The van der Waals surface area contributed by atoms with Gasteiger partial charge in [0.05, 0.1) is 5.97 Å². The summed E-state index contributed by atoms with van der Waals surface area (Å²) in [4.78, 5) is 10.9. The molecule has 1 unspecified atom stereocenters. The molecule has 120 valence electrons. The van der Waals surface area contributed by atoms with Crippen molar-refractivity contribution in [2.24, 2.45) is 0 Å². The Morgan fingerprint density at radius 1 is 0.900 bits per heavy atom. The second kappa shape index (κ2) is 12.2. The Kier molecular flexibility index (Phi) is 11.8. The first-order valence-electron chi connectivity index (χ1n) is 8.42. The van der Waals surface area contributed by atoms with Gasteiger partial charge in [-0.2, -0.15) is 0 Å². The molecule has 0 fully saturated rings. The zero-order valence-corrected chi connectivity index (χ0v) is 13.7. The number of hydrogen-bond acceptors (Lipinski definition) is 3. The fourth-order valence-electron chi connectivity index (χ4n) is 2.19. The largest absolute Gasteiger partial charge is 0.547 e. The van der Waals surface area contributed by atoms with Gasteiger partial charge in [-0.05, 0) is 19.8 Å². The van der Waals surface area contributed by atoms with Crippen LogP contribution in [0.2, 0.25) is 0 Å². The first-order chi connectivity index (χ1) is 9.56. The Morgan fingerprint density at radius 3 is 1.75 bits per heavy atom. The van der Waals surface area contributed by atoms with Gasteiger partial charge in [0.2, 0.25) is 0 Å². The van der Waals surface area contributed by atoms with Gasteiger partial charge in [-0.15, -0.1) is 0 Å². The van der Waals surface area contributed by atoms with E-state index in [1.807, 2.05) is 6.92 Å². The predicted octanol–water partition coefficient (Wildman–Crippen LogP) is 3.84. The minimum Gasteiger partial charge on any atom is -0.547 e. The molecule has 0 aliphatic carbocycles. The number of unbranched alkanes of at least 4 members (excludes halogenated alkanes) is 9. The molecule has 0 amide bonds. The van der Waals surface area contributed by atoms with Gasteiger partial charge in [0, 0.05) is 6.61 Å². The molecule has 0 spiro atoms. The van der Waals surface area contributed by atoms with Crippen molar-refractivity contribution in [2.45, 2.75) is 97.0 Å². The Morgan fingerprint density at radius 2 is 1.35 bits per heavy atom. The Hall–Kier alpha value is -0.570. The molecule has 0 aromatic rings. The summed E-state index contributed by atoms with van der Waals surface area (Å²) >= 11 is 0. The van der Waals surface area contributed by atoms with Gasteiger partial charge in [0.25, 0.3) is 0 Å². The molecular weight excluding hydrogens is 252 g/mol. The van der Waals surface area contributed by atoms with Crippen LogP contribution in [0, 0.1) is 0 Å². The summed E-state index contributed by atoms with van der Waals surface area (Å²) in [5.41, 5.74) is -1.11. The van der Waals surface area contributed by atoms with E-state index < -0.39 is 11.6 Å². The van der Waals surface area contributed by atoms with Crippen LogP contribution >= 0.6 is 0 Å². The lowest BCUT2D eigenvalue weighted by molar-refractivity contribution is -0.326. The van der Waals surface area contributed by atoms with Gasteiger partial charge in [0.15, 0.2) is 0 Å². The predicted molar refractivity (Wildman–Crippen MR) is 81.5 cm³/mol. The number of carboxylic acids is 1. The Balaban J connectivity index is 3.34. The molecule has 0 N–H and O–H groups in total. The Labute approximate surface area is 125 Å². The van der Waals surface area contributed by atoms with Gasteiger partial charge in [-0.3, -0.25) is 0 Å². The molecule has 0 aromatic carbocycles. The van der Waals surface area contributed by atoms with Crippen LogP contribution in [0.1, 0.15) is 91.4 Å². The molecule has 0 saturated carbocycles. The summed E-state index contributed by atoms with van der Waals surface area (Å²) in [7, 11) is 0. The summed E-state index contributed by atoms with van der Waals surface area (Å²) in [5, 5.41) is 10.9. The van der Waals surface area contributed by atoms with Crippen molar-refractivity contribution in [2.75, 3.05) is 6.61 Å². The van der Waals surface area contributed by atoms with Crippen LogP contribution in [0.15, 0.2) is 0 Å². The van der Waals surface area contributed by atoms with Crippen molar-refractivity contribution in [1.29, 1.82) is 0 Å². The van der Waals surface area contributed by atoms with Crippen molar-refractivity contribution in [3.63, 3.8) is 0 Å². The SMILES string of the molecule is CCCCCCCCCCCCOC(C)(CC)C(=O)[O-]. The van der Waals surface area contributed by atoms with Gasteiger partial charge in [0.1, 0.15) is 5.60 Å². The fraction of sp³-hybridized carbons (Fsp3) is 0.941. The normalized spacial score (nSPS) is 14.2. The van der Waals surface area contributed by atoms with Crippen molar-refractivity contribution in [1.82, 2.24) is 0 Å². The van der Waals surface area contributed by atoms with Crippen LogP contribution in [0.4, 0.5) is 0 Å². The summed E-state index contributed by atoms with van der Waals surface area (Å²) in [5.74, 6) is -1.10. The average Bonchev–Trinajstić information content (AvgIpc) is 2.44. The van der Waals surface area contributed by atoms with Crippen LogP contribution in [-0.4, -0.2) is 18.2 Å². The van der Waals surface area contributed by atoms with E-state index in [1.54, 1.807) is 6.92 Å². The second-order valence-corrected chi connectivity index (χ2v) is 5.90. The molecule has 0 aliphatic heterocycles. The quantitative estimate of drug-likeness (QED) is 0.456. The highest BCUT2D eigenvalue weighted by Crippen LogP contribution is 2.16. The number of ether oxygens (including phenoxy) is 1. The van der Waals surface area contributed by atoms with E-state index in [0.29, 0.717) is 13.0 Å². The third-order valence-corrected chi connectivity index (χ3v) is 4.02. The van der Waals surface area contributed by atoms with Crippen LogP contribution < -0.4 is 5.11 Å². The molecule has 20 heavy (non-hydrogen) atoms. The first kappa shape index (κ1) is 19.4. The van der Waals surface area contributed by atoms with Crippen LogP contribution in [0.3, 0.4) is 0 Å². The molecule has 3 heteroatoms. The van der Waals surface area contributed by atoms with E-state index in [0.717, 1.165) is 12.8 Å². The second-order valence-electron chi connectivity index (χ2n) is 5.90. The third-order valence-electron chi connectivity index (χ3n) is 4.02. The lowest BCUT2D eigenvalue weighted by atomic mass is 10.0. The summed E-state index contributed by atoms with van der Waals surface area (Å²) in [6.07, 6.45) is 13.1. The molecule has 3 nitrogen and oxygen atoms in total. The smallest absolute Gasteiger partial charge is 0.104 e. The number of hydrogen-bond donors (Lipinski definition) is 0. The van der Waals surface area contributed by atoms with Crippen molar-refractivity contribution >= 4 is 5.97 Å². The third kappa shape index (κ3) is 9.35. The van der Waals surface area contributed by atoms with Gasteiger partial charge in [-0.1, -0.05) is 71.6 Å². The topological polar surface area (TPSA) is 49.4 Å². The molecular formula is C17H33O3-. The zero-order chi connectivity index (χ0) is 15.3. The van der Waals surface area contributed by atoms with Crippen molar-refractivity contribution < 1.29 is 14.6 Å².